The van der Waals surface area contributed by atoms with Crippen LogP contribution in [0.1, 0.15) is 11.7 Å². The minimum atomic E-state index is 0.416. The number of nitrogens with zero attached hydrogens (tertiary/aromatic N) is 4. The average Bonchev–Trinajstić information content (AvgIpc) is 2.86. The molecule has 2 aromatic heterocycles. The molecule has 1 aromatic carbocycles. The molecule has 0 unspecified atom stereocenters. The number of aromatic nitrogens is 4. The number of anilines is 1. The molecule has 3 rings (SSSR count). The van der Waals surface area contributed by atoms with Gasteiger partial charge in [-0.15, -0.1) is 0 Å². The highest BCUT2D eigenvalue weighted by Gasteiger charge is 2.12. The van der Waals surface area contributed by atoms with Crippen LogP contribution in [0.2, 0.25) is 0 Å². The first kappa shape index (κ1) is 11.2. The fraction of sp³-hybridized carbons (Fsp3) is 0.182. The van der Waals surface area contributed by atoms with Crippen LogP contribution in [-0.2, 0) is 6.54 Å². The molecule has 3 aromatic rings. The van der Waals surface area contributed by atoms with Crippen molar-refractivity contribution in [2.45, 2.75) is 13.5 Å². The van der Waals surface area contributed by atoms with Gasteiger partial charge in [0.1, 0.15) is 6.54 Å². The first-order valence-electron chi connectivity index (χ1n) is 5.34. The molecule has 18 heavy (non-hydrogen) atoms. The van der Waals surface area contributed by atoms with Gasteiger partial charge in [-0.3, -0.25) is 0 Å². The van der Waals surface area contributed by atoms with Crippen LogP contribution in [0, 0.1) is 6.92 Å². The number of nitrogen functional groups attached to an aromatic ring is 1. The topological polar surface area (TPSA) is 82.8 Å². The number of halogens is 1. The van der Waals surface area contributed by atoms with Crippen LogP contribution in [0.3, 0.4) is 0 Å². The summed E-state index contributed by atoms with van der Waals surface area (Å²) < 4.78 is 7.91. The monoisotopic (exact) mass is 307 g/mol. The highest BCUT2D eigenvalue weighted by Crippen LogP contribution is 2.22. The molecule has 0 aliphatic heterocycles. The highest BCUT2D eigenvalue weighted by molar-refractivity contribution is 9.10. The molecule has 0 amide bonds. The third kappa shape index (κ3) is 1.86. The van der Waals surface area contributed by atoms with E-state index in [9.17, 15) is 0 Å². The van der Waals surface area contributed by atoms with Crippen LogP contribution < -0.4 is 5.73 Å². The number of benzene rings is 1. The number of imidazole rings is 1. The normalized spacial score (nSPS) is 11.2. The van der Waals surface area contributed by atoms with E-state index in [2.05, 4.69) is 31.1 Å². The summed E-state index contributed by atoms with van der Waals surface area (Å²) in [5.41, 5.74) is 7.67. The van der Waals surface area contributed by atoms with E-state index in [1.807, 2.05) is 22.8 Å². The van der Waals surface area contributed by atoms with E-state index in [4.69, 9.17) is 10.3 Å². The Balaban J connectivity index is 2.10. The molecule has 6 nitrogen and oxygen atoms in total. The van der Waals surface area contributed by atoms with Gasteiger partial charge in [-0.05, 0) is 25.1 Å². The Morgan fingerprint density at radius 1 is 1.39 bits per heavy atom. The second-order valence-corrected chi connectivity index (χ2v) is 4.84. The van der Waals surface area contributed by atoms with Gasteiger partial charge in [0.25, 0.3) is 0 Å². The van der Waals surface area contributed by atoms with Crippen molar-refractivity contribution >= 4 is 32.9 Å². The van der Waals surface area contributed by atoms with Crippen molar-refractivity contribution in [3.63, 3.8) is 0 Å². The van der Waals surface area contributed by atoms with Gasteiger partial charge < -0.3 is 14.8 Å². The minimum Gasteiger partial charge on any atom is -0.369 e. The number of hydrogen-bond acceptors (Lipinski definition) is 5. The molecule has 92 valence electrons. The second-order valence-electron chi connectivity index (χ2n) is 3.92. The van der Waals surface area contributed by atoms with Gasteiger partial charge in [-0.1, -0.05) is 21.1 Å². The zero-order valence-electron chi connectivity index (χ0n) is 9.59. The maximum atomic E-state index is 5.90. The SMILES string of the molecule is Cc1noc(Cn2c(N)nc3ccc(Br)cc32)n1. The van der Waals surface area contributed by atoms with Gasteiger partial charge >= 0.3 is 0 Å². The molecule has 0 bridgehead atoms. The Morgan fingerprint density at radius 3 is 2.94 bits per heavy atom. The first-order chi connectivity index (χ1) is 8.63. The van der Waals surface area contributed by atoms with Crippen molar-refractivity contribution in [1.29, 1.82) is 0 Å². The largest absolute Gasteiger partial charge is 0.369 e. The maximum Gasteiger partial charge on any atom is 0.246 e. The molecule has 0 aliphatic rings. The van der Waals surface area contributed by atoms with Gasteiger partial charge in [0.2, 0.25) is 11.8 Å². The van der Waals surface area contributed by atoms with Crippen molar-refractivity contribution in [1.82, 2.24) is 19.7 Å². The summed E-state index contributed by atoms with van der Waals surface area (Å²) in [6, 6.07) is 5.79. The zero-order valence-corrected chi connectivity index (χ0v) is 11.2. The van der Waals surface area contributed by atoms with Crippen LogP contribution in [0.15, 0.2) is 27.2 Å². The maximum absolute atomic E-state index is 5.90. The third-order valence-electron chi connectivity index (χ3n) is 2.60. The molecule has 2 N–H and O–H groups in total. The molecule has 2 heterocycles. The van der Waals surface area contributed by atoms with Gasteiger partial charge in [0.05, 0.1) is 11.0 Å². The summed E-state index contributed by atoms with van der Waals surface area (Å²) in [5, 5.41) is 3.75. The molecule has 0 spiro atoms. The van der Waals surface area contributed by atoms with Crippen LogP contribution in [0.25, 0.3) is 11.0 Å². The summed E-state index contributed by atoms with van der Waals surface area (Å²) >= 11 is 3.43. The number of rotatable bonds is 2. The summed E-state index contributed by atoms with van der Waals surface area (Å²) in [5.74, 6) is 1.55. The number of hydrogen-bond donors (Lipinski definition) is 1. The smallest absolute Gasteiger partial charge is 0.246 e. The Hall–Kier alpha value is -1.89. The Kier molecular flexibility index (Phi) is 2.55. The van der Waals surface area contributed by atoms with E-state index in [1.54, 1.807) is 6.92 Å². The van der Waals surface area contributed by atoms with Crippen molar-refractivity contribution in [3.8, 4) is 0 Å². The Labute approximate surface area is 111 Å². The molecule has 0 saturated carbocycles. The summed E-state index contributed by atoms with van der Waals surface area (Å²) in [7, 11) is 0. The predicted octanol–water partition coefficient (Wildman–Crippen LogP) is 2.12. The van der Waals surface area contributed by atoms with Gasteiger partial charge in [-0.25, -0.2) is 4.98 Å². The van der Waals surface area contributed by atoms with E-state index in [0.717, 1.165) is 15.5 Å². The van der Waals surface area contributed by atoms with Crippen molar-refractivity contribution in [2.75, 3.05) is 5.73 Å². The average molecular weight is 308 g/mol. The number of fused-ring (bicyclic) bond motifs is 1. The molecule has 7 heteroatoms. The molecular weight excluding hydrogens is 298 g/mol. The number of aryl methyl sites for hydroxylation is 1. The van der Waals surface area contributed by atoms with E-state index in [1.165, 1.54) is 0 Å². The molecule has 0 atom stereocenters. The van der Waals surface area contributed by atoms with Gasteiger partial charge in [0.15, 0.2) is 5.82 Å². The van der Waals surface area contributed by atoms with E-state index in [0.29, 0.717) is 24.2 Å². The lowest BCUT2D eigenvalue weighted by Crippen LogP contribution is -2.04. The molecule has 0 radical (unpaired) electrons. The van der Waals surface area contributed by atoms with Crippen molar-refractivity contribution in [3.05, 3.63) is 34.4 Å². The van der Waals surface area contributed by atoms with Crippen LogP contribution in [0.5, 0.6) is 0 Å². The lowest BCUT2D eigenvalue weighted by atomic mass is 10.3. The fourth-order valence-corrected chi connectivity index (χ4v) is 2.17. The minimum absolute atomic E-state index is 0.416. The summed E-state index contributed by atoms with van der Waals surface area (Å²) in [6.07, 6.45) is 0. The van der Waals surface area contributed by atoms with Crippen molar-refractivity contribution in [2.24, 2.45) is 0 Å². The zero-order chi connectivity index (χ0) is 12.7. The first-order valence-corrected chi connectivity index (χ1v) is 6.13. The van der Waals surface area contributed by atoms with Crippen LogP contribution >= 0.6 is 15.9 Å². The molecule has 0 saturated heterocycles. The molecule has 0 aliphatic carbocycles. The lowest BCUT2D eigenvalue weighted by Gasteiger charge is -2.02. The second kappa shape index (κ2) is 4.09. The van der Waals surface area contributed by atoms with Crippen molar-refractivity contribution < 1.29 is 4.52 Å². The lowest BCUT2D eigenvalue weighted by molar-refractivity contribution is 0.369. The third-order valence-corrected chi connectivity index (χ3v) is 3.10. The molecular formula is C11H10BrN5O. The van der Waals surface area contributed by atoms with E-state index in [-0.39, 0.29) is 0 Å². The molecule has 0 fully saturated rings. The van der Waals surface area contributed by atoms with Crippen LogP contribution in [0.4, 0.5) is 5.95 Å². The van der Waals surface area contributed by atoms with Crippen LogP contribution in [-0.4, -0.2) is 19.7 Å². The highest BCUT2D eigenvalue weighted by atomic mass is 79.9. The Bertz CT molecular complexity index is 717. The standard InChI is InChI=1S/C11H10BrN5O/c1-6-14-10(18-16-6)5-17-9-4-7(12)2-3-8(9)15-11(17)13/h2-4H,5H2,1H3,(H2,13,15). The van der Waals surface area contributed by atoms with E-state index >= 15 is 0 Å². The Morgan fingerprint density at radius 2 is 2.22 bits per heavy atom. The van der Waals surface area contributed by atoms with Gasteiger partial charge in [0, 0.05) is 4.47 Å². The fourth-order valence-electron chi connectivity index (χ4n) is 1.82. The predicted molar refractivity (Wildman–Crippen MR) is 70.0 cm³/mol. The van der Waals surface area contributed by atoms with E-state index < -0.39 is 0 Å². The summed E-state index contributed by atoms with van der Waals surface area (Å²) in [4.78, 5) is 8.45. The number of nitrogens with two attached hydrogens (primary N) is 1. The van der Waals surface area contributed by atoms with Gasteiger partial charge in [-0.2, -0.15) is 4.98 Å². The summed E-state index contributed by atoms with van der Waals surface area (Å²) in [6.45, 7) is 2.19. The quantitative estimate of drug-likeness (QED) is 0.784.